The molecular formula is C24H32N8O4S. The molecule has 4 atom stereocenters. The molecule has 1 saturated heterocycles. The maximum absolute atomic E-state index is 11.2. The van der Waals surface area contributed by atoms with E-state index in [1.165, 1.54) is 17.5 Å². The van der Waals surface area contributed by atoms with Crippen molar-refractivity contribution in [2.75, 3.05) is 32.1 Å². The molecule has 6 rings (SSSR count). The van der Waals surface area contributed by atoms with Gasteiger partial charge in [0.05, 0.1) is 24.8 Å². The van der Waals surface area contributed by atoms with E-state index < -0.39 is 16.4 Å². The minimum absolute atomic E-state index is 0.107. The van der Waals surface area contributed by atoms with Gasteiger partial charge in [0.25, 0.3) is 0 Å². The van der Waals surface area contributed by atoms with Gasteiger partial charge in [-0.2, -0.15) is 8.42 Å². The SMILES string of the molecule is CN1CCC2(CC1)C[C@H](Nc1ncnc3c1nnn3[C@@H]1C[C@@H](COS(N)(=O)=O)[C@@H](O)C1)c1ccccc12. The molecule has 3 aromatic rings. The Labute approximate surface area is 215 Å². The zero-order chi connectivity index (χ0) is 25.8. The Balaban J connectivity index is 1.24. The van der Waals surface area contributed by atoms with E-state index in [2.05, 4.69) is 61.8 Å². The second-order valence-corrected chi connectivity index (χ2v) is 12.0. The third-order valence-electron chi connectivity index (χ3n) is 8.44. The molecule has 3 heterocycles. The topological polar surface area (TPSA) is 161 Å². The summed E-state index contributed by atoms with van der Waals surface area (Å²) >= 11 is 0. The number of fused-ring (bicyclic) bond motifs is 3. The molecule has 0 unspecified atom stereocenters. The van der Waals surface area contributed by atoms with E-state index in [-0.39, 0.29) is 30.0 Å². The molecule has 1 aliphatic heterocycles. The summed E-state index contributed by atoms with van der Waals surface area (Å²) in [4.78, 5) is 11.4. The minimum atomic E-state index is -4.07. The van der Waals surface area contributed by atoms with E-state index >= 15 is 0 Å². The molecule has 1 spiro atoms. The molecule has 2 fully saturated rings. The van der Waals surface area contributed by atoms with Crippen LogP contribution in [0.1, 0.15) is 55.3 Å². The molecule has 3 aliphatic rings. The quantitative estimate of drug-likeness (QED) is 0.425. The largest absolute Gasteiger partial charge is 0.393 e. The van der Waals surface area contributed by atoms with Crippen LogP contribution in [0.5, 0.6) is 0 Å². The number of anilines is 1. The molecule has 1 saturated carbocycles. The van der Waals surface area contributed by atoms with Gasteiger partial charge < -0.3 is 15.3 Å². The lowest BCUT2D eigenvalue weighted by atomic mass is 9.74. The van der Waals surface area contributed by atoms with Gasteiger partial charge in [0, 0.05) is 11.3 Å². The van der Waals surface area contributed by atoms with Crippen molar-refractivity contribution in [1.82, 2.24) is 29.9 Å². The van der Waals surface area contributed by atoms with Crippen LogP contribution >= 0.6 is 0 Å². The summed E-state index contributed by atoms with van der Waals surface area (Å²) < 4.78 is 28.8. The van der Waals surface area contributed by atoms with Crippen LogP contribution < -0.4 is 10.5 Å². The average molecular weight is 529 g/mol. The molecule has 37 heavy (non-hydrogen) atoms. The number of piperidine rings is 1. The number of aliphatic hydroxyl groups is 1. The number of nitrogens with zero attached hydrogens (tertiary/aromatic N) is 6. The zero-order valence-corrected chi connectivity index (χ0v) is 21.5. The molecule has 12 nitrogen and oxygen atoms in total. The number of hydrogen-bond acceptors (Lipinski definition) is 10. The summed E-state index contributed by atoms with van der Waals surface area (Å²) in [6.07, 6.45) is 4.88. The van der Waals surface area contributed by atoms with Gasteiger partial charge >= 0.3 is 10.3 Å². The summed E-state index contributed by atoms with van der Waals surface area (Å²) in [7, 11) is -1.89. The van der Waals surface area contributed by atoms with Gasteiger partial charge in [-0.05, 0) is 63.4 Å². The highest BCUT2D eigenvalue weighted by Crippen LogP contribution is 2.51. The van der Waals surface area contributed by atoms with Crippen LogP contribution in [0.15, 0.2) is 30.6 Å². The fourth-order valence-corrected chi connectivity index (χ4v) is 6.82. The summed E-state index contributed by atoms with van der Waals surface area (Å²) in [5, 5.41) is 27.8. The van der Waals surface area contributed by atoms with Gasteiger partial charge in [-0.15, -0.1) is 5.10 Å². The van der Waals surface area contributed by atoms with Crippen molar-refractivity contribution in [2.45, 2.75) is 55.7 Å². The first kappa shape index (κ1) is 24.6. The summed E-state index contributed by atoms with van der Waals surface area (Å²) in [5.41, 5.74) is 4.05. The first-order chi connectivity index (χ1) is 17.7. The number of likely N-dealkylation sites (tertiary alicyclic amines) is 1. The van der Waals surface area contributed by atoms with Crippen LogP contribution in [-0.2, 0) is 19.9 Å². The molecular weight excluding hydrogens is 496 g/mol. The maximum Gasteiger partial charge on any atom is 0.333 e. The fraction of sp³-hybridized carbons (Fsp3) is 0.583. The molecule has 2 aromatic heterocycles. The van der Waals surface area contributed by atoms with E-state index in [0.29, 0.717) is 29.8 Å². The van der Waals surface area contributed by atoms with Gasteiger partial charge in [0.15, 0.2) is 17.0 Å². The number of nitrogens with one attached hydrogen (secondary N) is 1. The fourth-order valence-electron chi connectivity index (χ4n) is 6.46. The first-order valence-electron chi connectivity index (χ1n) is 12.7. The lowest BCUT2D eigenvalue weighted by Crippen LogP contribution is -2.39. The van der Waals surface area contributed by atoms with Gasteiger partial charge in [0.1, 0.15) is 6.33 Å². The van der Waals surface area contributed by atoms with E-state index in [0.717, 1.165) is 32.4 Å². The van der Waals surface area contributed by atoms with Crippen molar-refractivity contribution in [2.24, 2.45) is 11.1 Å². The van der Waals surface area contributed by atoms with Gasteiger partial charge in [-0.1, -0.05) is 29.5 Å². The Hall–Kier alpha value is -2.71. The van der Waals surface area contributed by atoms with E-state index in [9.17, 15) is 13.5 Å². The van der Waals surface area contributed by atoms with Crippen molar-refractivity contribution < 1.29 is 17.7 Å². The van der Waals surface area contributed by atoms with Gasteiger partial charge in [-0.3, -0.25) is 4.18 Å². The summed E-state index contributed by atoms with van der Waals surface area (Å²) in [6.45, 7) is 2.00. The molecule has 4 N–H and O–H groups in total. The predicted molar refractivity (Wildman–Crippen MR) is 136 cm³/mol. The monoisotopic (exact) mass is 528 g/mol. The number of benzene rings is 1. The van der Waals surface area contributed by atoms with E-state index in [1.54, 1.807) is 4.68 Å². The van der Waals surface area contributed by atoms with Crippen LogP contribution in [0.25, 0.3) is 11.2 Å². The standard InChI is InChI=1S/C24H32N8O4S/c1-31-8-6-24(7-9-31)12-19(17-4-2-3-5-18(17)24)28-22-21-23(27-14-26-22)32(30-29-21)16-10-15(20(33)11-16)13-36-37(25,34)35/h2-5,14-16,19-20,33H,6-13H2,1H3,(H2,25,34,35)(H,26,27,28)/t15-,16+,19-,20-/m0/s1. The number of aromatic nitrogens is 5. The molecule has 198 valence electrons. The second kappa shape index (κ2) is 9.24. The van der Waals surface area contributed by atoms with Crippen molar-refractivity contribution in [3.63, 3.8) is 0 Å². The molecule has 0 bridgehead atoms. The van der Waals surface area contributed by atoms with E-state index in [4.69, 9.17) is 9.32 Å². The van der Waals surface area contributed by atoms with Crippen LogP contribution in [0, 0.1) is 5.92 Å². The van der Waals surface area contributed by atoms with Crippen molar-refractivity contribution in [3.8, 4) is 0 Å². The van der Waals surface area contributed by atoms with Crippen molar-refractivity contribution >= 4 is 27.3 Å². The van der Waals surface area contributed by atoms with E-state index in [1.807, 2.05) is 0 Å². The van der Waals surface area contributed by atoms with Crippen LogP contribution in [-0.4, -0.2) is 76.2 Å². The first-order valence-corrected chi connectivity index (χ1v) is 14.2. The Morgan fingerprint density at radius 3 is 2.78 bits per heavy atom. The number of hydrogen-bond donors (Lipinski definition) is 3. The van der Waals surface area contributed by atoms with Crippen molar-refractivity contribution in [3.05, 3.63) is 41.7 Å². The van der Waals surface area contributed by atoms with Crippen LogP contribution in [0.3, 0.4) is 0 Å². The highest BCUT2D eigenvalue weighted by atomic mass is 32.2. The normalized spacial score (nSPS) is 27.6. The third kappa shape index (κ3) is 4.59. The lowest BCUT2D eigenvalue weighted by Gasteiger charge is -2.39. The highest BCUT2D eigenvalue weighted by Gasteiger charge is 2.45. The van der Waals surface area contributed by atoms with Crippen LogP contribution in [0.4, 0.5) is 5.82 Å². The number of rotatable bonds is 6. The molecule has 1 aromatic carbocycles. The summed E-state index contributed by atoms with van der Waals surface area (Å²) in [5.74, 6) is 0.247. The second-order valence-electron chi connectivity index (χ2n) is 10.7. The third-order valence-corrected chi connectivity index (χ3v) is 8.91. The number of aliphatic hydroxyl groups excluding tert-OH is 1. The Morgan fingerprint density at radius 2 is 2.00 bits per heavy atom. The van der Waals surface area contributed by atoms with Gasteiger partial charge in [-0.25, -0.2) is 19.8 Å². The molecule has 2 aliphatic carbocycles. The Bertz CT molecular complexity index is 1400. The van der Waals surface area contributed by atoms with Gasteiger partial charge in [0.2, 0.25) is 0 Å². The lowest BCUT2D eigenvalue weighted by molar-refractivity contribution is 0.100. The zero-order valence-electron chi connectivity index (χ0n) is 20.7. The number of nitrogens with two attached hydrogens (primary N) is 1. The highest BCUT2D eigenvalue weighted by molar-refractivity contribution is 7.84. The Kier molecular flexibility index (Phi) is 6.15. The van der Waals surface area contributed by atoms with Crippen molar-refractivity contribution in [1.29, 1.82) is 0 Å². The smallest absolute Gasteiger partial charge is 0.333 e. The summed E-state index contributed by atoms with van der Waals surface area (Å²) in [6, 6.07) is 8.61. The molecule has 13 heteroatoms. The Morgan fingerprint density at radius 1 is 1.22 bits per heavy atom. The predicted octanol–water partition coefficient (Wildman–Crippen LogP) is 1.27. The van der Waals surface area contributed by atoms with Crippen LogP contribution in [0.2, 0.25) is 0 Å². The molecule has 0 radical (unpaired) electrons. The average Bonchev–Trinajstić information content (AvgIpc) is 3.54. The molecule has 0 amide bonds. The minimum Gasteiger partial charge on any atom is -0.393 e. The maximum atomic E-state index is 11.2.